The minimum absolute atomic E-state index is 0. The monoisotopic (exact) mass is 441 g/mol. The lowest BCUT2D eigenvalue weighted by atomic mass is 10.0. The van der Waals surface area contributed by atoms with Crippen LogP contribution >= 0.6 is 12.4 Å². The van der Waals surface area contributed by atoms with Crippen LogP contribution in [0.5, 0.6) is 11.5 Å². The molecule has 166 valence electrons. The molecule has 0 radical (unpaired) electrons. The highest BCUT2D eigenvalue weighted by molar-refractivity contribution is 5.85. The highest BCUT2D eigenvalue weighted by Gasteiger charge is 2.16. The maximum absolute atomic E-state index is 10.5. The first-order chi connectivity index (χ1) is 14.6. The van der Waals surface area contributed by atoms with E-state index in [2.05, 4.69) is 36.5 Å². The molecule has 0 bridgehead atoms. The lowest BCUT2D eigenvalue weighted by Gasteiger charge is -2.21. The fourth-order valence-corrected chi connectivity index (χ4v) is 3.22. The van der Waals surface area contributed by atoms with Crippen molar-refractivity contribution in [1.82, 2.24) is 5.32 Å². The Morgan fingerprint density at radius 2 is 1.55 bits per heavy atom. The highest BCUT2D eigenvalue weighted by atomic mass is 35.5. The number of aliphatic hydroxyl groups is 1. The molecule has 0 aromatic heterocycles. The van der Waals surface area contributed by atoms with Gasteiger partial charge in [-0.3, -0.25) is 0 Å². The fraction of sp³-hybridized carbons (Fsp3) is 0.308. The first-order valence-corrected chi connectivity index (χ1v) is 10.5. The van der Waals surface area contributed by atoms with Gasteiger partial charge in [-0.05, 0) is 49.6 Å². The van der Waals surface area contributed by atoms with Gasteiger partial charge >= 0.3 is 0 Å². The number of benzene rings is 3. The zero-order chi connectivity index (χ0) is 21.3. The van der Waals surface area contributed by atoms with Gasteiger partial charge in [0, 0.05) is 12.6 Å². The highest BCUT2D eigenvalue weighted by Crippen LogP contribution is 2.29. The number of nitrogens with one attached hydrogen (secondary N) is 1. The van der Waals surface area contributed by atoms with E-state index in [1.165, 1.54) is 5.56 Å². The van der Waals surface area contributed by atoms with Gasteiger partial charge in [-0.15, -0.1) is 12.4 Å². The zero-order valence-electron chi connectivity index (χ0n) is 18.4. The molecule has 31 heavy (non-hydrogen) atoms. The van der Waals surface area contributed by atoms with Crippen LogP contribution in [0.4, 0.5) is 0 Å². The van der Waals surface area contributed by atoms with Gasteiger partial charge in [0.15, 0.2) is 11.5 Å². The number of hydrogen-bond donors (Lipinski definition) is 2. The largest absolute Gasteiger partial charge is 0.490 e. The number of rotatable bonds is 10. The number of ether oxygens (including phenoxy) is 2. The molecule has 0 amide bonds. The maximum atomic E-state index is 10.5. The van der Waals surface area contributed by atoms with E-state index in [4.69, 9.17) is 9.47 Å². The summed E-state index contributed by atoms with van der Waals surface area (Å²) >= 11 is 0. The number of aryl methyl sites for hydroxylation is 1. The predicted molar refractivity (Wildman–Crippen MR) is 128 cm³/mol. The summed E-state index contributed by atoms with van der Waals surface area (Å²) in [6, 6.07) is 23.9. The first-order valence-electron chi connectivity index (χ1n) is 10.5. The molecule has 3 rings (SSSR count). The van der Waals surface area contributed by atoms with Crippen LogP contribution in [0.15, 0.2) is 72.8 Å². The summed E-state index contributed by atoms with van der Waals surface area (Å²) in [7, 11) is 0. The van der Waals surface area contributed by atoms with Gasteiger partial charge in [-0.25, -0.2) is 0 Å². The molecule has 2 atom stereocenters. The van der Waals surface area contributed by atoms with Gasteiger partial charge in [0.1, 0.15) is 6.61 Å². The van der Waals surface area contributed by atoms with Gasteiger partial charge < -0.3 is 19.9 Å². The summed E-state index contributed by atoms with van der Waals surface area (Å²) in [5, 5.41) is 13.9. The normalized spacial score (nSPS) is 12.5. The Balaban J connectivity index is 0.00000341. The minimum Gasteiger partial charge on any atom is -0.490 e. The second-order valence-electron chi connectivity index (χ2n) is 7.51. The Bertz CT molecular complexity index is 916. The first kappa shape index (κ1) is 24.7. The van der Waals surface area contributed by atoms with Crippen LogP contribution in [0.25, 0.3) is 0 Å². The molecule has 2 N–H and O–H groups in total. The Morgan fingerprint density at radius 1 is 0.871 bits per heavy atom. The average molecular weight is 442 g/mol. The van der Waals surface area contributed by atoms with E-state index in [1.807, 2.05) is 62.4 Å². The molecule has 4 nitrogen and oxygen atoms in total. The quantitative estimate of drug-likeness (QED) is 0.429. The molecule has 0 aliphatic carbocycles. The SMILES string of the molecule is CCOc1cc(CNC(C)C(O)c2ccccc2)ccc1OCc1ccc(C)cc1.Cl. The van der Waals surface area contributed by atoms with Crippen LogP contribution in [0.2, 0.25) is 0 Å². The van der Waals surface area contributed by atoms with Crippen LogP contribution < -0.4 is 14.8 Å². The van der Waals surface area contributed by atoms with Crippen LogP contribution in [0.1, 0.15) is 42.2 Å². The van der Waals surface area contributed by atoms with E-state index >= 15 is 0 Å². The van der Waals surface area contributed by atoms with Crippen molar-refractivity contribution >= 4 is 12.4 Å². The lowest BCUT2D eigenvalue weighted by molar-refractivity contribution is 0.135. The molecule has 5 heteroatoms. The molecule has 0 saturated heterocycles. The number of halogens is 1. The van der Waals surface area contributed by atoms with E-state index in [9.17, 15) is 5.11 Å². The summed E-state index contributed by atoms with van der Waals surface area (Å²) in [5.41, 5.74) is 4.34. The Kier molecular flexibility index (Phi) is 9.86. The summed E-state index contributed by atoms with van der Waals surface area (Å²) in [4.78, 5) is 0. The molecular formula is C26H32ClNO3. The van der Waals surface area contributed by atoms with Crippen LogP contribution in [0, 0.1) is 6.92 Å². The van der Waals surface area contributed by atoms with Gasteiger partial charge in [0.05, 0.1) is 12.7 Å². The average Bonchev–Trinajstić information content (AvgIpc) is 2.78. The summed E-state index contributed by atoms with van der Waals surface area (Å²) in [5.74, 6) is 1.47. The van der Waals surface area contributed by atoms with Crippen LogP contribution in [-0.4, -0.2) is 17.8 Å². The third kappa shape index (κ3) is 7.28. The van der Waals surface area contributed by atoms with E-state index < -0.39 is 6.10 Å². The number of aliphatic hydroxyl groups excluding tert-OH is 1. The summed E-state index contributed by atoms with van der Waals surface area (Å²) in [6.07, 6.45) is -0.560. The molecule has 0 saturated carbocycles. The molecule has 0 fully saturated rings. The van der Waals surface area contributed by atoms with E-state index in [0.717, 1.165) is 28.2 Å². The topological polar surface area (TPSA) is 50.7 Å². The minimum atomic E-state index is -0.560. The maximum Gasteiger partial charge on any atom is 0.161 e. The van der Waals surface area contributed by atoms with Gasteiger partial charge in [-0.2, -0.15) is 0 Å². The van der Waals surface area contributed by atoms with Crippen molar-refractivity contribution in [3.05, 3.63) is 95.1 Å². The van der Waals surface area contributed by atoms with E-state index in [0.29, 0.717) is 19.8 Å². The smallest absolute Gasteiger partial charge is 0.161 e. The molecule has 0 spiro atoms. The Labute approximate surface area is 191 Å². The standard InChI is InChI=1S/C26H31NO3.ClH/c1-4-29-25-16-22(17-27-20(3)26(28)23-8-6-5-7-9-23)14-15-24(25)30-18-21-12-10-19(2)11-13-21;/h5-16,20,26-28H,4,17-18H2,1-3H3;1H. The van der Waals surface area contributed by atoms with Gasteiger partial charge in [0.2, 0.25) is 0 Å². The molecule has 2 unspecified atom stereocenters. The molecule has 0 heterocycles. The Morgan fingerprint density at radius 3 is 2.23 bits per heavy atom. The predicted octanol–water partition coefficient (Wildman–Crippen LogP) is 5.61. The lowest BCUT2D eigenvalue weighted by Crippen LogP contribution is -2.31. The van der Waals surface area contributed by atoms with Crippen molar-refractivity contribution < 1.29 is 14.6 Å². The summed E-state index contributed by atoms with van der Waals surface area (Å²) in [6.45, 7) is 7.72. The van der Waals surface area contributed by atoms with Crippen molar-refractivity contribution in [3.8, 4) is 11.5 Å². The van der Waals surface area contributed by atoms with Crippen LogP contribution in [-0.2, 0) is 13.2 Å². The second kappa shape index (κ2) is 12.4. The third-order valence-corrected chi connectivity index (χ3v) is 5.07. The van der Waals surface area contributed by atoms with Crippen molar-refractivity contribution in [3.63, 3.8) is 0 Å². The molecular weight excluding hydrogens is 410 g/mol. The van der Waals surface area contributed by atoms with Gasteiger partial charge in [-0.1, -0.05) is 66.2 Å². The molecule has 0 aliphatic heterocycles. The van der Waals surface area contributed by atoms with E-state index in [-0.39, 0.29) is 18.4 Å². The van der Waals surface area contributed by atoms with E-state index in [1.54, 1.807) is 0 Å². The second-order valence-corrected chi connectivity index (χ2v) is 7.51. The fourth-order valence-electron chi connectivity index (χ4n) is 3.22. The van der Waals surface area contributed by atoms with Crippen LogP contribution in [0.3, 0.4) is 0 Å². The zero-order valence-corrected chi connectivity index (χ0v) is 19.2. The van der Waals surface area contributed by atoms with Crippen molar-refractivity contribution in [2.24, 2.45) is 0 Å². The van der Waals surface area contributed by atoms with Gasteiger partial charge in [0.25, 0.3) is 0 Å². The molecule has 0 aliphatic rings. The Hall–Kier alpha value is -2.53. The van der Waals surface area contributed by atoms with Crippen molar-refractivity contribution in [2.75, 3.05) is 6.61 Å². The molecule has 3 aromatic carbocycles. The van der Waals surface area contributed by atoms with Crippen molar-refractivity contribution in [2.45, 2.75) is 46.1 Å². The van der Waals surface area contributed by atoms with Crippen molar-refractivity contribution in [1.29, 1.82) is 0 Å². The third-order valence-electron chi connectivity index (χ3n) is 5.07. The summed E-state index contributed by atoms with van der Waals surface area (Å²) < 4.78 is 11.8. The molecule has 3 aromatic rings. The number of hydrogen-bond acceptors (Lipinski definition) is 4.